The Bertz CT molecular complexity index is 336. The SMILES string of the molecule is C=C(C)c1cc(C(C)=O)n(C)n1. The Labute approximate surface area is 71.7 Å². The van der Waals surface area contributed by atoms with Gasteiger partial charge in [0, 0.05) is 14.0 Å². The van der Waals surface area contributed by atoms with Crippen LogP contribution < -0.4 is 0 Å². The van der Waals surface area contributed by atoms with E-state index in [0.717, 1.165) is 11.3 Å². The topological polar surface area (TPSA) is 34.9 Å². The zero-order chi connectivity index (χ0) is 9.30. The molecule has 1 rings (SSSR count). The third-order valence-electron chi connectivity index (χ3n) is 1.68. The Morgan fingerprint density at radius 3 is 2.42 bits per heavy atom. The molecule has 0 spiro atoms. The fraction of sp³-hybridized carbons (Fsp3) is 0.333. The summed E-state index contributed by atoms with van der Waals surface area (Å²) in [4.78, 5) is 11.0. The minimum atomic E-state index is 0.0255. The number of rotatable bonds is 2. The van der Waals surface area contributed by atoms with E-state index in [1.165, 1.54) is 6.92 Å². The lowest BCUT2D eigenvalue weighted by Gasteiger charge is -1.92. The molecule has 0 aliphatic rings. The van der Waals surface area contributed by atoms with Crippen LogP contribution in [0.15, 0.2) is 12.6 Å². The number of carbonyl (C=O) groups excluding carboxylic acids is 1. The highest BCUT2D eigenvalue weighted by atomic mass is 16.1. The van der Waals surface area contributed by atoms with Gasteiger partial charge in [-0.1, -0.05) is 6.58 Å². The Morgan fingerprint density at radius 2 is 2.17 bits per heavy atom. The van der Waals surface area contributed by atoms with Gasteiger partial charge in [0.1, 0.15) is 5.69 Å². The second kappa shape index (κ2) is 2.93. The van der Waals surface area contributed by atoms with Gasteiger partial charge in [0.15, 0.2) is 5.78 Å². The molecule has 0 fully saturated rings. The van der Waals surface area contributed by atoms with E-state index >= 15 is 0 Å². The molecule has 1 heterocycles. The van der Waals surface area contributed by atoms with Crippen LogP contribution in [0.1, 0.15) is 30.0 Å². The van der Waals surface area contributed by atoms with Crippen molar-refractivity contribution in [3.63, 3.8) is 0 Å². The number of hydrogen-bond donors (Lipinski definition) is 0. The molecule has 1 aromatic rings. The van der Waals surface area contributed by atoms with E-state index in [1.54, 1.807) is 17.8 Å². The zero-order valence-corrected chi connectivity index (χ0v) is 7.59. The average Bonchev–Trinajstić information content (AvgIpc) is 2.30. The number of aryl methyl sites for hydroxylation is 1. The highest BCUT2D eigenvalue weighted by Gasteiger charge is 2.08. The normalized spacial score (nSPS) is 9.92. The lowest BCUT2D eigenvalue weighted by molar-refractivity contribution is 0.100. The third kappa shape index (κ3) is 1.44. The molecule has 0 atom stereocenters. The number of nitrogens with zero attached hydrogens (tertiary/aromatic N) is 2. The number of hydrogen-bond acceptors (Lipinski definition) is 2. The summed E-state index contributed by atoms with van der Waals surface area (Å²) >= 11 is 0. The molecule has 0 bridgehead atoms. The van der Waals surface area contributed by atoms with Gasteiger partial charge in [-0.25, -0.2) is 0 Å². The fourth-order valence-electron chi connectivity index (χ4n) is 1.01. The van der Waals surface area contributed by atoms with Crippen LogP contribution in [0.3, 0.4) is 0 Å². The Morgan fingerprint density at radius 1 is 1.58 bits per heavy atom. The Balaban J connectivity index is 3.17. The summed E-state index contributed by atoms with van der Waals surface area (Å²) in [7, 11) is 1.75. The molecule has 0 aromatic carbocycles. The standard InChI is InChI=1S/C9H12N2O/c1-6(2)8-5-9(7(3)12)11(4)10-8/h5H,1H2,2-4H3. The van der Waals surface area contributed by atoms with Gasteiger partial charge in [-0.3, -0.25) is 9.48 Å². The van der Waals surface area contributed by atoms with E-state index in [-0.39, 0.29) is 5.78 Å². The number of allylic oxidation sites excluding steroid dienone is 1. The van der Waals surface area contributed by atoms with E-state index in [0.29, 0.717) is 5.69 Å². The van der Waals surface area contributed by atoms with E-state index in [4.69, 9.17) is 0 Å². The second-order valence-corrected chi connectivity index (χ2v) is 2.87. The van der Waals surface area contributed by atoms with Gasteiger partial charge in [0.2, 0.25) is 0 Å². The smallest absolute Gasteiger partial charge is 0.177 e. The monoisotopic (exact) mass is 164 g/mol. The molecule has 12 heavy (non-hydrogen) atoms. The quantitative estimate of drug-likeness (QED) is 0.623. The lowest BCUT2D eigenvalue weighted by Crippen LogP contribution is -2.02. The summed E-state index contributed by atoms with van der Waals surface area (Å²) in [6.07, 6.45) is 0. The predicted molar refractivity (Wildman–Crippen MR) is 47.9 cm³/mol. The fourth-order valence-corrected chi connectivity index (χ4v) is 1.01. The molecule has 64 valence electrons. The van der Waals surface area contributed by atoms with Crippen molar-refractivity contribution in [3.05, 3.63) is 24.0 Å². The molecule has 0 N–H and O–H groups in total. The van der Waals surface area contributed by atoms with Crippen LogP contribution in [0.2, 0.25) is 0 Å². The van der Waals surface area contributed by atoms with Gasteiger partial charge in [0.05, 0.1) is 5.69 Å². The maximum absolute atomic E-state index is 11.0. The van der Waals surface area contributed by atoms with Crippen LogP contribution >= 0.6 is 0 Å². The van der Waals surface area contributed by atoms with Crippen molar-refractivity contribution in [2.75, 3.05) is 0 Å². The van der Waals surface area contributed by atoms with E-state index in [1.807, 2.05) is 6.92 Å². The van der Waals surface area contributed by atoms with Crippen molar-refractivity contribution in [2.24, 2.45) is 7.05 Å². The van der Waals surface area contributed by atoms with Gasteiger partial charge in [0.25, 0.3) is 0 Å². The molecule has 0 unspecified atom stereocenters. The van der Waals surface area contributed by atoms with Gasteiger partial charge in [-0.15, -0.1) is 0 Å². The van der Waals surface area contributed by atoms with Crippen molar-refractivity contribution in [3.8, 4) is 0 Å². The number of aromatic nitrogens is 2. The summed E-state index contributed by atoms with van der Waals surface area (Å²) < 4.78 is 1.58. The average molecular weight is 164 g/mol. The summed E-state index contributed by atoms with van der Waals surface area (Å²) in [5, 5.41) is 4.13. The number of ketones is 1. The van der Waals surface area contributed by atoms with Gasteiger partial charge >= 0.3 is 0 Å². The van der Waals surface area contributed by atoms with Crippen molar-refractivity contribution in [1.29, 1.82) is 0 Å². The lowest BCUT2D eigenvalue weighted by atomic mass is 10.2. The molecule has 0 amide bonds. The van der Waals surface area contributed by atoms with Gasteiger partial charge in [-0.2, -0.15) is 5.10 Å². The van der Waals surface area contributed by atoms with Crippen molar-refractivity contribution >= 4 is 11.4 Å². The molecule has 3 heteroatoms. The molecular weight excluding hydrogens is 152 g/mol. The number of carbonyl (C=O) groups is 1. The maximum atomic E-state index is 11.0. The van der Waals surface area contributed by atoms with E-state index in [2.05, 4.69) is 11.7 Å². The molecule has 1 aromatic heterocycles. The molecule has 0 aliphatic heterocycles. The first-order valence-electron chi connectivity index (χ1n) is 3.73. The summed E-state index contributed by atoms with van der Waals surface area (Å²) in [6, 6.07) is 1.75. The van der Waals surface area contributed by atoms with Gasteiger partial charge in [-0.05, 0) is 18.6 Å². The molecule has 3 nitrogen and oxygen atoms in total. The Kier molecular flexibility index (Phi) is 2.13. The molecule has 0 saturated heterocycles. The van der Waals surface area contributed by atoms with Crippen molar-refractivity contribution in [1.82, 2.24) is 9.78 Å². The van der Waals surface area contributed by atoms with Gasteiger partial charge < -0.3 is 0 Å². The molecular formula is C9H12N2O. The van der Waals surface area contributed by atoms with Crippen LogP contribution in [0.5, 0.6) is 0 Å². The van der Waals surface area contributed by atoms with Crippen molar-refractivity contribution in [2.45, 2.75) is 13.8 Å². The molecule has 0 radical (unpaired) electrons. The highest BCUT2D eigenvalue weighted by molar-refractivity contribution is 5.93. The zero-order valence-electron chi connectivity index (χ0n) is 7.59. The van der Waals surface area contributed by atoms with Crippen LogP contribution in [-0.4, -0.2) is 15.6 Å². The first-order valence-corrected chi connectivity index (χ1v) is 3.73. The number of Topliss-reactive ketones (excluding diaryl/α,β-unsaturated/α-hetero) is 1. The van der Waals surface area contributed by atoms with Crippen LogP contribution in [0.25, 0.3) is 5.57 Å². The third-order valence-corrected chi connectivity index (χ3v) is 1.68. The first-order chi connectivity index (χ1) is 5.52. The van der Waals surface area contributed by atoms with E-state index in [9.17, 15) is 4.79 Å². The van der Waals surface area contributed by atoms with E-state index < -0.39 is 0 Å². The minimum Gasteiger partial charge on any atom is -0.293 e. The molecule has 0 aliphatic carbocycles. The summed E-state index contributed by atoms with van der Waals surface area (Å²) in [6.45, 7) is 7.15. The second-order valence-electron chi connectivity index (χ2n) is 2.87. The van der Waals surface area contributed by atoms with Crippen LogP contribution in [-0.2, 0) is 7.05 Å². The Hall–Kier alpha value is -1.38. The van der Waals surface area contributed by atoms with Crippen LogP contribution in [0.4, 0.5) is 0 Å². The predicted octanol–water partition coefficient (Wildman–Crippen LogP) is 1.66. The highest BCUT2D eigenvalue weighted by Crippen LogP contribution is 2.11. The molecule has 0 saturated carbocycles. The minimum absolute atomic E-state index is 0.0255. The van der Waals surface area contributed by atoms with Crippen LogP contribution in [0, 0.1) is 0 Å². The first kappa shape index (κ1) is 8.71. The summed E-state index contributed by atoms with van der Waals surface area (Å²) in [5.41, 5.74) is 2.27. The maximum Gasteiger partial charge on any atom is 0.177 e. The largest absolute Gasteiger partial charge is 0.293 e. The summed E-state index contributed by atoms with van der Waals surface area (Å²) in [5.74, 6) is 0.0255. The van der Waals surface area contributed by atoms with Crippen molar-refractivity contribution < 1.29 is 4.79 Å².